The molecule has 0 aliphatic rings. The van der Waals surface area contributed by atoms with Crippen molar-refractivity contribution in [2.24, 2.45) is 7.05 Å². The zero-order valence-electron chi connectivity index (χ0n) is 14.7. The topological polar surface area (TPSA) is 88.0 Å². The predicted molar refractivity (Wildman–Crippen MR) is 94.9 cm³/mol. The van der Waals surface area contributed by atoms with Crippen LogP contribution in [0.3, 0.4) is 0 Å². The van der Waals surface area contributed by atoms with Crippen molar-refractivity contribution in [1.29, 1.82) is 5.26 Å². The van der Waals surface area contributed by atoms with Gasteiger partial charge in [0.05, 0.1) is 12.5 Å². The Balaban J connectivity index is 1.86. The number of hydrogen-bond acceptors (Lipinski definition) is 5. The molecule has 0 fully saturated rings. The van der Waals surface area contributed by atoms with Gasteiger partial charge in [-0.1, -0.05) is 6.07 Å². The summed E-state index contributed by atoms with van der Waals surface area (Å²) in [5.41, 5.74) is 1.95. The maximum atomic E-state index is 13.0. The van der Waals surface area contributed by atoms with E-state index in [2.05, 4.69) is 16.2 Å². The van der Waals surface area contributed by atoms with Crippen molar-refractivity contribution >= 4 is 5.91 Å². The largest absolute Gasteiger partial charge is 0.460 e. The predicted octanol–water partition coefficient (Wildman–Crippen LogP) is 2.94. The number of amides is 1. The van der Waals surface area contributed by atoms with Crippen molar-refractivity contribution in [3.8, 4) is 17.5 Å². The minimum absolute atomic E-state index is 0.186. The lowest BCUT2D eigenvalue weighted by atomic mass is 10.2. The average molecular weight is 349 g/mol. The highest BCUT2D eigenvalue weighted by molar-refractivity contribution is 5.93. The third kappa shape index (κ3) is 3.81. The molecule has 3 aromatic rings. The monoisotopic (exact) mass is 349 g/mol. The summed E-state index contributed by atoms with van der Waals surface area (Å²) in [6.45, 7) is 2.58. The molecule has 0 atom stereocenters. The van der Waals surface area contributed by atoms with Gasteiger partial charge in [0.25, 0.3) is 5.91 Å². The number of aryl methyl sites for hydroxylation is 2. The number of furan rings is 1. The molecule has 0 bridgehead atoms. The highest BCUT2D eigenvalue weighted by atomic mass is 16.3. The Morgan fingerprint density at radius 1 is 1.38 bits per heavy atom. The van der Waals surface area contributed by atoms with E-state index in [0.29, 0.717) is 30.2 Å². The van der Waals surface area contributed by atoms with Crippen LogP contribution in [0.1, 0.15) is 28.2 Å². The van der Waals surface area contributed by atoms with Gasteiger partial charge in [0.15, 0.2) is 5.76 Å². The van der Waals surface area contributed by atoms with Crippen molar-refractivity contribution in [2.75, 3.05) is 6.54 Å². The summed E-state index contributed by atoms with van der Waals surface area (Å²) in [7, 11) is 1.72. The molecule has 0 aliphatic carbocycles. The van der Waals surface area contributed by atoms with E-state index in [9.17, 15) is 4.79 Å². The molecule has 132 valence electrons. The number of pyridine rings is 1. The molecule has 0 aliphatic heterocycles. The molecule has 0 spiro atoms. The Hall–Kier alpha value is -3.40. The second-order valence-corrected chi connectivity index (χ2v) is 5.94. The maximum Gasteiger partial charge on any atom is 0.272 e. The number of carbonyl (C=O) groups is 1. The quantitative estimate of drug-likeness (QED) is 0.683. The first-order chi connectivity index (χ1) is 12.6. The van der Waals surface area contributed by atoms with Crippen LogP contribution < -0.4 is 0 Å². The Morgan fingerprint density at radius 3 is 2.88 bits per heavy atom. The fourth-order valence-electron chi connectivity index (χ4n) is 2.67. The highest BCUT2D eigenvalue weighted by Crippen LogP contribution is 2.22. The van der Waals surface area contributed by atoms with Gasteiger partial charge in [0.1, 0.15) is 17.1 Å². The third-order valence-electron chi connectivity index (χ3n) is 3.97. The Bertz CT molecular complexity index is 936. The number of aromatic nitrogens is 3. The second kappa shape index (κ2) is 7.66. The van der Waals surface area contributed by atoms with E-state index >= 15 is 0 Å². The van der Waals surface area contributed by atoms with Crippen LogP contribution in [0, 0.1) is 18.3 Å². The van der Waals surface area contributed by atoms with E-state index in [1.165, 1.54) is 4.68 Å². The van der Waals surface area contributed by atoms with Crippen LogP contribution in [0.5, 0.6) is 0 Å². The van der Waals surface area contributed by atoms with Crippen LogP contribution in [0.2, 0.25) is 0 Å². The summed E-state index contributed by atoms with van der Waals surface area (Å²) in [4.78, 5) is 18.7. The van der Waals surface area contributed by atoms with Gasteiger partial charge in [0, 0.05) is 38.6 Å². The van der Waals surface area contributed by atoms with Gasteiger partial charge in [-0.05, 0) is 30.7 Å². The van der Waals surface area contributed by atoms with Crippen LogP contribution in [-0.4, -0.2) is 32.1 Å². The fraction of sp³-hybridized carbons (Fsp3) is 0.263. The van der Waals surface area contributed by atoms with Gasteiger partial charge in [-0.25, -0.2) is 0 Å². The van der Waals surface area contributed by atoms with E-state index in [1.807, 2.05) is 31.2 Å². The minimum Gasteiger partial charge on any atom is -0.460 e. The summed E-state index contributed by atoms with van der Waals surface area (Å²) in [5.74, 6) is 1.22. The Kier molecular flexibility index (Phi) is 5.13. The van der Waals surface area contributed by atoms with Crippen molar-refractivity contribution in [3.05, 3.63) is 59.7 Å². The molecule has 3 aromatic heterocycles. The van der Waals surface area contributed by atoms with Crippen LogP contribution in [0.4, 0.5) is 0 Å². The molecular formula is C19H19N5O2. The van der Waals surface area contributed by atoms with Gasteiger partial charge in [-0.15, -0.1) is 0 Å². The average Bonchev–Trinajstić information content (AvgIpc) is 3.24. The molecule has 0 saturated heterocycles. The van der Waals surface area contributed by atoms with Crippen molar-refractivity contribution in [3.63, 3.8) is 0 Å². The lowest BCUT2D eigenvalue weighted by Gasteiger charge is -2.21. The molecule has 0 unspecified atom stereocenters. The van der Waals surface area contributed by atoms with Crippen LogP contribution in [-0.2, 0) is 13.6 Å². The zero-order chi connectivity index (χ0) is 18.5. The maximum absolute atomic E-state index is 13.0. The summed E-state index contributed by atoms with van der Waals surface area (Å²) >= 11 is 0. The van der Waals surface area contributed by atoms with Crippen molar-refractivity contribution < 1.29 is 9.21 Å². The molecule has 7 heteroatoms. The molecule has 26 heavy (non-hydrogen) atoms. The van der Waals surface area contributed by atoms with E-state index in [-0.39, 0.29) is 12.3 Å². The normalized spacial score (nSPS) is 10.5. The third-order valence-corrected chi connectivity index (χ3v) is 3.97. The highest BCUT2D eigenvalue weighted by Gasteiger charge is 2.21. The smallest absolute Gasteiger partial charge is 0.272 e. The second-order valence-electron chi connectivity index (χ2n) is 5.94. The molecule has 1 amide bonds. The fourth-order valence-corrected chi connectivity index (χ4v) is 2.67. The molecule has 0 saturated carbocycles. The van der Waals surface area contributed by atoms with Gasteiger partial charge in [-0.2, -0.15) is 10.4 Å². The lowest BCUT2D eigenvalue weighted by Crippen LogP contribution is -2.32. The van der Waals surface area contributed by atoms with Crippen LogP contribution in [0.25, 0.3) is 11.5 Å². The standard InChI is InChI=1S/C19H19N5O2/c1-14-6-7-18(26-14)16-11-17(23(2)22-16)19(25)24(10-4-8-20)13-15-5-3-9-21-12-15/h3,5-7,9,11-12H,4,10,13H2,1-2H3. The van der Waals surface area contributed by atoms with Gasteiger partial charge < -0.3 is 9.32 Å². The molecular weight excluding hydrogens is 330 g/mol. The van der Waals surface area contributed by atoms with Gasteiger partial charge in [-0.3, -0.25) is 14.5 Å². The first kappa shape index (κ1) is 17.4. The van der Waals surface area contributed by atoms with E-state index in [0.717, 1.165) is 11.3 Å². The van der Waals surface area contributed by atoms with Gasteiger partial charge >= 0.3 is 0 Å². The molecule has 3 heterocycles. The van der Waals surface area contributed by atoms with Crippen molar-refractivity contribution in [2.45, 2.75) is 19.9 Å². The summed E-state index contributed by atoms with van der Waals surface area (Å²) in [6.07, 6.45) is 3.66. The first-order valence-corrected chi connectivity index (χ1v) is 8.24. The number of nitrogens with zero attached hydrogens (tertiary/aromatic N) is 5. The number of nitriles is 1. The summed E-state index contributed by atoms with van der Waals surface area (Å²) in [6, 6.07) is 11.2. The summed E-state index contributed by atoms with van der Waals surface area (Å²) < 4.78 is 7.13. The molecule has 3 rings (SSSR count). The lowest BCUT2D eigenvalue weighted by molar-refractivity contribution is 0.0735. The van der Waals surface area contributed by atoms with E-state index < -0.39 is 0 Å². The number of rotatable bonds is 6. The number of carbonyl (C=O) groups excluding carboxylic acids is 1. The Morgan fingerprint density at radius 2 is 2.23 bits per heavy atom. The van der Waals surface area contributed by atoms with Crippen molar-refractivity contribution in [1.82, 2.24) is 19.7 Å². The van der Waals surface area contributed by atoms with Crippen LogP contribution in [0.15, 0.2) is 47.1 Å². The van der Waals surface area contributed by atoms with E-state index in [4.69, 9.17) is 9.68 Å². The summed E-state index contributed by atoms with van der Waals surface area (Å²) in [5, 5.41) is 13.3. The Labute approximate surface area is 151 Å². The van der Waals surface area contributed by atoms with Gasteiger partial charge in [0.2, 0.25) is 0 Å². The molecule has 0 N–H and O–H groups in total. The number of hydrogen-bond donors (Lipinski definition) is 0. The molecule has 0 radical (unpaired) electrons. The first-order valence-electron chi connectivity index (χ1n) is 8.24. The van der Waals surface area contributed by atoms with E-state index in [1.54, 1.807) is 30.4 Å². The van der Waals surface area contributed by atoms with Crippen LogP contribution >= 0.6 is 0 Å². The zero-order valence-corrected chi connectivity index (χ0v) is 14.7. The molecule has 7 nitrogen and oxygen atoms in total. The molecule has 0 aromatic carbocycles. The minimum atomic E-state index is -0.186. The SMILES string of the molecule is Cc1ccc(-c2cc(C(=O)N(CCC#N)Cc3cccnc3)n(C)n2)o1.